The van der Waals surface area contributed by atoms with Crippen molar-refractivity contribution < 1.29 is 21.2 Å². The van der Waals surface area contributed by atoms with Gasteiger partial charge in [-0.1, -0.05) is 103 Å². The molecule has 2 aromatic rings. The van der Waals surface area contributed by atoms with Crippen molar-refractivity contribution in [1.82, 2.24) is 0 Å². The number of unbranched alkanes of at least 4 members (excludes halogenated alkanes) is 9. The molecule has 2 nitrogen and oxygen atoms in total. The van der Waals surface area contributed by atoms with Crippen molar-refractivity contribution >= 4 is 11.4 Å². The fraction of sp³-hybridized carbons (Fsp3) is 0.529. The maximum absolute atomic E-state index is 11.5. The third-order valence-electron chi connectivity index (χ3n) is 7.42. The Bertz CT molecular complexity index is 1030. The van der Waals surface area contributed by atoms with E-state index in [4.69, 9.17) is 0 Å². The summed E-state index contributed by atoms with van der Waals surface area (Å²) in [5.41, 5.74) is 19.6. The van der Waals surface area contributed by atoms with Gasteiger partial charge in [-0.15, -0.1) is 0 Å². The van der Waals surface area contributed by atoms with Crippen molar-refractivity contribution in [1.29, 1.82) is 0 Å². The topological polar surface area (TPSA) is 25.3 Å². The van der Waals surface area contributed by atoms with Crippen LogP contribution in [-0.2, 0) is 29.3 Å². The molecule has 1 heterocycles. The standard InChI is InChI=1S/C34H48N2.Ni/c1-4-7-10-12-13-14-19-29-21-17-24-31(26-29)34-32(22-15-11-8-5-2)27-33(36(34)35)30-23-16-20-28(25-30)18-9-6-3;/h16-17,20-21,23-27H,4-15,18-19,22H2,1-3H3;. The van der Waals surface area contributed by atoms with Crippen LogP contribution in [0.3, 0.4) is 0 Å². The van der Waals surface area contributed by atoms with E-state index in [2.05, 4.69) is 75.4 Å². The smallest absolute Gasteiger partial charge is 0.210 e. The normalized spacial score (nSPS) is 13.2. The molecule has 1 aliphatic heterocycles. The first-order chi connectivity index (χ1) is 17.7. The van der Waals surface area contributed by atoms with Gasteiger partial charge >= 0.3 is 0 Å². The minimum Gasteiger partial charge on any atom is -0.493 e. The van der Waals surface area contributed by atoms with E-state index in [1.807, 2.05) is 0 Å². The minimum atomic E-state index is 0. The Morgan fingerprint density at radius 1 is 0.595 bits per heavy atom. The van der Waals surface area contributed by atoms with Crippen LogP contribution >= 0.6 is 0 Å². The van der Waals surface area contributed by atoms with Crippen molar-refractivity contribution in [3.8, 4) is 0 Å². The second-order valence-electron chi connectivity index (χ2n) is 10.5. The van der Waals surface area contributed by atoms with Gasteiger partial charge in [0.25, 0.3) is 0 Å². The molecule has 204 valence electrons. The zero-order valence-corrected chi connectivity index (χ0v) is 24.5. The molecule has 37 heavy (non-hydrogen) atoms. The summed E-state index contributed by atoms with van der Waals surface area (Å²) in [6.45, 7) is 6.77. The van der Waals surface area contributed by atoms with Crippen LogP contribution in [0.5, 0.6) is 0 Å². The number of benzene rings is 2. The third kappa shape index (κ3) is 9.68. The molecule has 3 rings (SSSR count). The Kier molecular flexibility index (Phi) is 14.8. The molecule has 0 amide bonds. The van der Waals surface area contributed by atoms with E-state index in [-0.39, 0.29) is 16.5 Å². The van der Waals surface area contributed by atoms with Crippen LogP contribution in [0, 0.1) is 0 Å². The van der Waals surface area contributed by atoms with E-state index in [0.29, 0.717) is 0 Å². The molecule has 1 aliphatic rings. The summed E-state index contributed by atoms with van der Waals surface area (Å²) in [7, 11) is 0. The van der Waals surface area contributed by atoms with Gasteiger partial charge in [0.2, 0.25) is 11.4 Å². The van der Waals surface area contributed by atoms with E-state index in [0.717, 1.165) is 48.2 Å². The Morgan fingerprint density at radius 3 is 1.78 bits per heavy atom. The van der Waals surface area contributed by atoms with Gasteiger partial charge in [0, 0.05) is 39.3 Å². The number of hydrogen-bond acceptors (Lipinski definition) is 0. The van der Waals surface area contributed by atoms with Crippen molar-refractivity contribution in [3.05, 3.63) is 88.0 Å². The molecule has 0 saturated heterocycles. The Labute approximate surface area is 237 Å². The van der Waals surface area contributed by atoms with Gasteiger partial charge in [-0.3, -0.25) is 0 Å². The predicted octanol–water partition coefficient (Wildman–Crippen LogP) is 10.7. The molecule has 0 aromatic heterocycles. The predicted molar refractivity (Wildman–Crippen MR) is 156 cm³/mol. The quantitative estimate of drug-likeness (QED) is 0.108. The van der Waals surface area contributed by atoms with E-state index in [1.165, 1.54) is 92.0 Å². The van der Waals surface area contributed by atoms with E-state index in [9.17, 15) is 5.53 Å². The summed E-state index contributed by atoms with van der Waals surface area (Å²) in [6.07, 6.45) is 20.7. The average Bonchev–Trinajstić information content (AvgIpc) is 3.23. The molecule has 0 fully saturated rings. The molecular formula is C34H48N2Ni. The van der Waals surface area contributed by atoms with Crippen molar-refractivity contribution in [2.45, 2.75) is 117 Å². The molecule has 0 atom stereocenters. The molecule has 0 unspecified atom stereocenters. The summed E-state index contributed by atoms with van der Waals surface area (Å²) in [5.74, 6) is 0. The summed E-state index contributed by atoms with van der Waals surface area (Å²) in [5, 5.41) is 0. The molecule has 3 heteroatoms. The van der Waals surface area contributed by atoms with Gasteiger partial charge in [-0.25, -0.2) is 4.70 Å². The first kappa shape index (κ1) is 31.2. The van der Waals surface area contributed by atoms with Crippen molar-refractivity contribution in [3.63, 3.8) is 0 Å². The van der Waals surface area contributed by atoms with Gasteiger partial charge in [-0.2, -0.15) is 0 Å². The largest absolute Gasteiger partial charge is 0.493 e. The van der Waals surface area contributed by atoms with Crippen LogP contribution in [0.2, 0.25) is 0 Å². The molecule has 0 bridgehead atoms. The van der Waals surface area contributed by atoms with Crippen LogP contribution < -0.4 is 0 Å². The van der Waals surface area contributed by atoms with Gasteiger partial charge in [0.1, 0.15) is 0 Å². The number of aryl methyl sites for hydroxylation is 2. The fourth-order valence-electron chi connectivity index (χ4n) is 5.25. The van der Waals surface area contributed by atoms with Gasteiger partial charge in [-0.05, 0) is 73.9 Å². The number of hydrogen-bond donors (Lipinski definition) is 0. The summed E-state index contributed by atoms with van der Waals surface area (Å²) < 4.78 is 1.47. The Hall–Kier alpha value is -1.99. The maximum Gasteiger partial charge on any atom is 0.210 e. The first-order valence-corrected chi connectivity index (χ1v) is 14.8. The minimum absolute atomic E-state index is 0. The second-order valence-corrected chi connectivity index (χ2v) is 10.5. The third-order valence-corrected chi connectivity index (χ3v) is 7.42. The molecule has 0 aliphatic carbocycles. The molecular weight excluding hydrogens is 495 g/mol. The average molecular weight is 543 g/mol. The zero-order valence-electron chi connectivity index (χ0n) is 23.5. The van der Waals surface area contributed by atoms with E-state index < -0.39 is 0 Å². The van der Waals surface area contributed by atoms with Crippen molar-refractivity contribution in [2.75, 3.05) is 0 Å². The molecule has 0 spiro atoms. The SMILES string of the molecule is CCCCCCCCc1cccc(C2=C(CCCCCC)C=C(c3cccc(CCCC)c3)[N+]2=[N-])c1.[Ni]. The summed E-state index contributed by atoms with van der Waals surface area (Å²) in [4.78, 5) is 0. The van der Waals surface area contributed by atoms with Crippen LogP contribution in [0.1, 0.15) is 126 Å². The van der Waals surface area contributed by atoms with Crippen LogP contribution in [0.15, 0.2) is 60.2 Å². The molecule has 0 saturated carbocycles. The number of allylic oxidation sites excluding steroid dienone is 2. The Morgan fingerprint density at radius 2 is 1.11 bits per heavy atom. The summed E-state index contributed by atoms with van der Waals surface area (Å²) >= 11 is 0. The van der Waals surface area contributed by atoms with Gasteiger partial charge < -0.3 is 5.53 Å². The monoisotopic (exact) mass is 542 g/mol. The van der Waals surface area contributed by atoms with Gasteiger partial charge in [0.05, 0.1) is 0 Å². The Balaban J connectivity index is 0.00000481. The van der Waals surface area contributed by atoms with Crippen LogP contribution in [0.4, 0.5) is 0 Å². The van der Waals surface area contributed by atoms with Crippen LogP contribution in [0.25, 0.3) is 16.9 Å². The molecule has 0 N–H and O–H groups in total. The van der Waals surface area contributed by atoms with E-state index in [1.54, 1.807) is 0 Å². The van der Waals surface area contributed by atoms with Crippen LogP contribution in [-0.4, -0.2) is 4.70 Å². The second kappa shape index (κ2) is 17.5. The molecule has 0 radical (unpaired) electrons. The van der Waals surface area contributed by atoms with Crippen molar-refractivity contribution in [2.24, 2.45) is 0 Å². The van der Waals surface area contributed by atoms with Gasteiger partial charge in [0.15, 0.2) is 0 Å². The number of nitrogens with zero attached hydrogens (tertiary/aromatic N) is 2. The fourth-order valence-corrected chi connectivity index (χ4v) is 5.25. The maximum atomic E-state index is 11.5. The first-order valence-electron chi connectivity index (χ1n) is 14.8. The molecule has 2 aromatic carbocycles. The number of rotatable bonds is 17. The van der Waals surface area contributed by atoms with E-state index >= 15 is 0 Å². The zero-order chi connectivity index (χ0) is 25.6. The summed E-state index contributed by atoms with van der Waals surface area (Å²) in [6, 6.07) is 17.6.